The highest BCUT2D eigenvalue weighted by molar-refractivity contribution is 5.89. The van der Waals surface area contributed by atoms with E-state index < -0.39 is 0 Å². The van der Waals surface area contributed by atoms with Crippen LogP contribution in [0.1, 0.15) is 26.0 Å². The van der Waals surface area contributed by atoms with Crippen molar-refractivity contribution in [1.82, 2.24) is 9.97 Å². The van der Waals surface area contributed by atoms with E-state index in [0.717, 1.165) is 17.2 Å². The van der Waals surface area contributed by atoms with Gasteiger partial charge in [-0.25, -0.2) is 8.78 Å². The molecular weight excluding hydrogens is 350 g/mol. The van der Waals surface area contributed by atoms with E-state index in [0.29, 0.717) is 16.3 Å². The second kappa shape index (κ2) is 9.49. The first-order chi connectivity index (χ1) is 12.2. The minimum absolute atomic E-state index is 0. The summed E-state index contributed by atoms with van der Waals surface area (Å²) in [4.78, 5) is 5.81. The maximum Gasteiger partial charge on any atom is 0.141 e. The first-order valence-electron chi connectivity index (χ1n) is 7.53. The molecule has 2 aromatic heterocycles. The van der Waals surface area contributed by atoms with Crippen molar-refractivity contribution in [3.8, 4) is 0 Å². The van der Waals surface area contributed by atoms with Gasteiger partial charge in [0, 0.05) is 51.9 Å². The molecule has 0 saturated heterocycles. The summed E-state index contributed by atoms with van der Waals surface area (Å²) in [7, 11) is 0. The summed E-state index contributed by atoms with van der Waals surface area (Å²) in [5.41, 5.74) is 7.73. The number of H-pyrrole nitrogens is 2. The highest BCUT2D eigenvalue weighted by Gasteiger charge is 2.06. The fraction of sp³-hybridized carbons (Fsp3) is 0.150. The van der Waals surface area contributed by atoms with E-state index in [9.17, 15) is 8.78 Å². The minimum atomic E-state index is -0.378. The van der Waals surface area contributed by atoms with E-state index in [2.05, 4.69) is 15.1 Å². The van der Waals surface area contributed by atoms with E-state index in [4.69, 9.17) is 10.9 Å². The molecule has 0 saturated carbocycles. The van der Waals surface area contributed by atoms with E-state index in [1.165, 1.54) is 0 Å². The average Bonchev–Trinajstić information content (AvgIpc) is 3.28. The molecule has 0 amide bonds. The molecular formula is C20H24F2N4O. The number of nitrogens with one attached hydrogen (secondary N) is 2. The number of fused-ring (bicyclic) bond motifs is 2. The third-order valence-corrected chi connectivity index (χ3v) is 3.86. The van der Waals surface area contributed by atoms with E-state index in [1.54, 1.807) is 42.7 Å². The van der Waals surface area contributed by atoms with Gasteiger partial charge in [-0.2, -0.15) is 0 Å². The second-order valence-corrected chi connectivity index (χ2v) is 5.33. The van der Waals surface area contributed by atoms with Crippen LogP contribution in [0.15, 0.2) is 53.9 Å². The average molecular weight is 374 g/mol. The molecule has 0 spiro atoms. The number of hydrogen-bond donors (Lipinski definition) is 4. The molecule has 5 N–H and O–H groups in total. The quantitative estimate of drug-likeness (QED) is 0.222. The Morgan fingerprint density at radius 2 is 1.44 bits per heavy atom. The summed E-state index contributed by atoms with van der Waals surface area (Å²) in [6.07, 6.45) is 4.45. The number of nitrogens with two attached hydrogens (primary N) is 1. The molecule has 27 heavy (non-hydrogen) atoms. The van der Waals surface area contributed by atoms with E-state index in [-0.39, 0.29) is 38.6 Å². The van der Waals surface area contributed by atoms with Crippen LogP contribution in [0.3, 0.4) is 0 Å². The molecule has 4 rings (SSSR count). The number of rotatable bonds is 2. The summed E-state index contributed by atoms with van der Waals surface area (Å²) in [6, 6.07) is 10.2. The van der Waals surface area contributed by atoms with Gasteiger partial charge in [-0.3, -0.25) is 0 Å². The molecule has 4 aromatic rings. The number of hydrogen-bond acceptors (Lipinski definition) is 3. The lowest BCUT2D eigenvalue weighted by Gasteiger charge is -1.99. The van der Waals surface area contributed by atoms with Crippen molar-refractivity contribution in [2.75, 3.05) is 0 Å². The van der Waals surface area contributed by atoms with E-state index in [1.807, 2.05) is 6.07 Å². The molecule has 2 aromatic carbocycles. The third-order valence-electron chi connectivity index (χ3n) is 3.86. The predicted molar refractivity (Wildman–Crippen MR) is 107 cm³/mol. The van der Waals surface area contributed by atoms with Crippen molar-refractivity contribution in [1.29, 1.82) is 0 Å². The molecule has 0 unspecified atom stereocenters. The number of aromatic amines is 2. The van der Waals surface area contributed by atoms with Crippen LogP contribution in [0.25, 0.3) is 21.8 Å². The van der Waals surface area contributed by atoms with Gasteiger partial charge in [0.1, 0.15) is 11.6 Å². The molecule has 144 valence electrons. The fourth-order valence-electron chi connectivity index (χ4n) is 2.57. The standard InChI is InChI=1S/C9H7FN2O.C9H9FN2.2CH4/c10-9-6(5-12-13)1-2-8-7(9)3-4-11-8;10-9-6(5-11)1-2-8-7(9)3-4-12-8;;/h1-5,11,13H;1-4,12H,5,11H2;2*1H4/b12-5+;;;. The SMILES string of the molecule is C.C.NCc1ccc2[nH]ccc2c1F.O/N=C/c1ccc2[nH]ccc2c1F. The lowest BCUT2D eigenvalue weighted by molar-refractivity contribution is 0.321. The van der Waals surface area contributed by atoms with Crippen LogP contribution >= 0.6 is 0 Å². The van der Waals surface area contributed by atoms with Crippen molar-refractivity contribution >= 4 is 28.0 Å². The van der Waals surface area contributed by atoms with Crippen molar-refractivity contribution in [2.24, 2.45) is 10.9 Å². The lowest BCUT2D eigenvalue weighted by atomic mass is 10.1. The van der Waals surface area contributed by atoms with Gasteiger partial charge in [-0.1, -0.05) is 26.1 Å². The molecule has 0 fully saturated rings. The van der Waals surface area contributed by atoms with Crippen LogP contribution in [0.5, 0.6) is 0 Å². The van der Waals surface area contributed by atoms with Crippen LogP contribution in [0, 0.1) is 11.6 Å². The Hall–Kier alpha value is -3.19. The summed E-state index contributed by atoms with van der Waals surface area (Å²) in [5, 5.41) is 12.2. The molecule has 0 aliphatic carbocycles. The van der Waals surface area contributed by atoms with Crippen LogP contribution in [0.4, 0.5) is 8.78 Å². The smallest absolute Gasteiger partial charge is 0.141 e. The number of benzene rings is 2. The molecule has 5 nitrogen and oxygen atoms in total. The zero-order chi connectivity index (χ0) is 17.8. The molecule has 7 heteroatoms. The number of nitrogens with zero attached hydrogens (tertiary/aromatic N) is 1. The Bertz CT molecular complexity index is 1040. The fourth-order valence-corrected chi connectivity index (χ4v) is 2.57. The maximum atomic E-state index is 13.5. The Morgan fingerprint density at radius 3 is 2.00 bits per heavy atom. The number of aromatic nitrogens is 2. The van der Waals surface area contributed by atoms with Gasteiger partial charge in [0.05, 0.1) is 6.21 Å². The Kier molecular flexibility index (Phi) is 7.68. The van der Waals surface area contributed by atoms with Gasteiger partial charge in [0.2, 0.25) is 0 Å². The van der Waals surface area contributed by atoms with Crippen LogP contribution < -0.4 is 5.73 Å². The topological polar surface area (TPSA) is 90.2 Å². The van der Waals surface area contributed by atoms with Crippen molar-refractivity contribution in [3.05, 3.63) is 71.6 Å². The third kappa shape index (κ3) is 4.32. The van der Waals surface area contributed by atoms with Crippen LogP contribution in [-0.4, -0.2) is 21.4 Å². The van der Waals surface area contributed by atoms with Gasteiger partial charge < -0.3 is 20.9 Å². The van der Waals surface area contributed by atoms with Crippen LogP contribution in [0.2, 0.25) is 0 Å². The zero-order valence-electron chi connectivity index (χ0n) is 13.1. The van der Waals surface area contributed by atoms with Crippen molar-refractivity contribution in [3.63, 3.8) is 0 Å². The van der Waals surface area contributed by atoms with Crippen molar-refractivity contribution in [2.45, 2.75) is 21.4 Å². The highest BCUT2D eigenvalue weighted by atomic mass is 19.1. The van der Waals surface area contributed by atoms with Gasteiger partial charge in [-0.05, 0) is 30.3 Å². The molecule has 0 bridgehead atoms. The summed E-state index contributed by atoms with van der Waals surface area (Å²) in [6.45, 7) is 0.243. The van der Waals surface area contributed by atoms with Crippen molar-refractivity contribution < 1.29 is 14.0 Å². The summed E-state index contributed by atoms with van der Waals surface area (Å²) in [5.74, 6) is -0.590. The normalized spacial score (nSPS) is 10.3. The Balaban J connectivity index is 0.000000252. The predicted octanol–water partition coefficient (Wildman–Crippen LogP) is 5.15. The molecule has 2 heterocycles. The first-order valence-corrected chi connectivity index (χ1v) is 7.53. The zero-order valence-corrected chi connectivity index (χ0v) is 13.1. The maximum absolute atomic E-state index is 13.5. The Labute approximate surface area is 156 Å². The molecule has 0 aliphatic heterocycles. The molecule has 0 aliphatic rings. The number of oxime groups is 1. The largest absolute Gasteiger partial charge is 0.411 e. The highest BCUT2D eigenvalue weighted by Crippen LogP contribution is 2.19. The molecule has 0 radical (unpaired) electrons. The van der Waals surface area contributed by atoms with Gasteiger partial charge in [0.15, 0.2) is 0 Å². The monoisotopic (exact) mass is 374 g/mol. The van der Waals surface area contributed by atoms with Gasteiger partial charge >= 0.3 is 0 Å². The van der Waals surface area contributed by atoms with Crippen LogP contribution in [-0.2, 0) is 6.54 Å². The second-order valence-electron chi connectivity index (χ2n) is 5.33. The Morgan fingerprint density at radius 1 is 0.889 bits per heavy atom. The minimum Gasteiger partial charge on any atom is -0.411 e. The van der Waals surface area contributed by atoms with Gasteiger partial charge in [-0.15, -0.1) is 0 Å². The molecule has 0 atom stereocenters. The summed E-state index contributed by atoms with van der Waals surface area (Å²) >= 11 is 0. The lowest BCUT2D eigenvalue weighted by Crippen LogP contribution is -1.99. The number of halogens is 2. The first kappa shape index (κ1) is 21.9. The van der Waals surface area contributed by atoms with Gasteiger partial charge in [0.25, 0.3) is 0 Å². The summed E-state index contributed by atoms with van der Waals surface area (Å²) < 4.78 is 26.9. The van der Waals surface area contributed by atoms with E-state index >= 15 is 0 Å².